The number of hydrogen-bond acceptors (Lipinski definition) is 6. The maximum Gasteiger partial charge on any atom is 0.416 e. The molecule has 0 bridgehead atoms. The second-order valence-electron chi connectivity index (χ2n) is 10.9. The fourth-order valence-corrected chi connectivity index (χ4v) is 6.07. The molecule has 210 valence electrons. The number of piperidine rings is 1. The van der Waals surface area contributed by atoms with Crippen molar-refractivity contribution in [3.8, 4) is 11.3 Å². The van der Waals surface area contributed by atoms with Gasteiger partial charge in [0, 0.05) is 36.3 Å². The normalized spacial score (nSPS) is 21.0. The summed E-state index contributed by atoms with van der Waals surface area (Å²) >= 11 is 0. The van der Waals surface area contributed by atoms with Gasteiger partial charge in [0.2, 0.25) is 5.91 Å². The Morgan fingerprint density at radius 2 is 1.88 bits per heavy atom. The molecule has 9 nitrogen and oxygen atoms in total. The molecule has 2 unspecified atom stereocenters. The summed E-state index contributed by atoms with van der Waals surface area (Å²) in [6.45, 7) is 8.66. The van der Waals surface area contributed by atoms with Crippen molar-refractivity contribution in [3.05, 3.63) is 84.6 Å². The number of nitrogen functional groups attached to an aromatic ring is 1. The van der Waals surface area contributed by atoms with E-state index < -0.39 is 17.6 Å². The third-order valence-corrected chi connectivity index (χ3v) is 8.29. The molecule has 1 aromatic carbocycles. The van der Waals surface area contributed by atoms with E-state index in [-0.39, 0.29) is 40.5 Å². The van der Waals surface area contributed by atoms with Crippen LogP contribution in [-0.2, 0) is 11.0 Å². The van der Waals surface area contributed by atoms with Crippen LogP contribution in [0.3, 0.4) is 0 Å². The number of imidazole rings is 1. The van der Waals surface area contributed by atoms with E-state index in [2.05, 4.69) is 35.7 Å². The zero-order valence-corrected chi connectivity index (χ0v) is 22.2. The molecule has 0 radical (unpaired) electrons. The largest absolute Gasteiger partial charge is 0.416 e. The van der Waals surface area contributed by atoms with Crippen molar-refractivity contribution < 1.29 is 22.8 Å². The van der Waals surface area contributed by atoms with E-state index in [1.807, 2.05) is 4.40 Å². The second-order valence-corrected chi connectivity index (χ2v) is 10.9. The van der Waals surface area contributed by atoms with Gasteiger partial charge in [-0.25, -0.2) is 15.0 Å². The Kier molecular flexibility index (Phi) is 5.91. The van der Waals surface area contributed by atoms with Crippen molar-refractivity contribution in [3.63, 3.8) is 0 Å². The SMILES string of the molecule is C=CC(=O)N1CC2C([C@H]1c1nc(-c3ccc(C(=O)Nc4cc(C(F)(F)F)ccn4)cc3)c3c(N)nccn13)C2(C)C. The first-order valence-corrected chi connectivity index (χ1v) is 12.9. The number of hydrogen-bond donors (Lipinski definition) is 2. The first-order chi connectivity index (χ1) is 19.4. The first-order valence-electron chi connectivity index (χ1n) is 12.9. The summed E-state index contributed by atoms with van der Waals surface area (Å²) in [5, 5.41) is 2.40. The van der Waals surface area contributed by atoms with Gasteiger partial charge in [-0.05, 0) is 47.6 Å². The van der Waals surface area contributed by atoms with Gasteiger partial charge in [0.15, 0.2) is 0 Å². The molecule has 2 amide bonds. The summed E-state index contributed by atoms with van der Waals surface area (Å²) in [5.41, 5.74) is 7.41. The lowest BCUT2D eigenvalue weighted by Crippen LogP contribution is -2.35. The van der Waals surface area contributed by atoms with Crippen LogP contribution in [0.1, 0.15) is 41.6 Å². The van der Waals surface area contributed by atoms with Gasteiger partial charge in [-0.15, -0.1) is 0 Å². The van der Waals surface area contributed by atoms with Crippen LogP contribution in [0.15, 0.2) is 67.6 Å². The molecular weight excluding hydrogens is 535 g/mol. The lowest BCUT2D eigenvalue weighted by Gasteiger charge is -2.29. The van der Waals surface area contributed by atoms with Crippen molar-refractivity contribution >= 4 is 29.0 Å². The summed E-state index contributed by atoms with van der Waals surface area (Å²) < 4.78 is 41.0. The van der Waals surface area contributed by atoms with Crippen LogP contribution in [0.4, 0.5) is 24.8 Å². The highest BCUT2D eigenvalue weighted by Crippen LogP contribution is 2.69. The average molecular weight is 562 g/mol. The van der Waals surface area contributed by atoms with Crippen LogP contribution >= 0.6 is 0 Å². The molecule has 1 saturated heterocycles. The van der Waals surface area contributed by atoms with Gasteiger partial charge in [0.1, 0.15) is 28.7 Å². The Hall–Kier alpha value is -4.74. The minimum absolute atomic E-state index is 0.0523. The van der Waals surface area contributed by atoms with Crippen LogP contribution in [0.2, 0.25) is 0 Å². The Balaban J connectivity index is 1.34. The van der Waals surface area contributed by atoms with Crippen LogP contribution in [0.25, 0.3) is 16.8 Å². The maximum absolute atomic E-state index is 13.0. The van der Waals surface area contributed by atoms with Gasteiger partial charge in [-0.2, -0.15) is 13.2 Å². The summed E-state index contributed by atoms with van der Waals surface area (Å²) in [6.07, 6.45) is 1.09. The van der Waals surface area contributed by atoms with Crippen LogP contribution in [0.5, 0.6) is 0 Å². The lowest BCUT2D eigenvalue weighted by atomic mass is 10.0. The van der Waals surface area contributed by atoms with Gasteiger partial charge in [-0.1, -0.05) is 32.6 Å². The number of carbonyl (C=O) groups excluding carboxylic acids is 2. The number of likely N-dealkylation sites (tertiary alicyclic amines) is 1. The topological polar surface area (TPSA) is 119 Å². The van der Waals surface area contributed by atoms with Gasteiger partial charge in [0.25, 0.3) is 5.91 Å². The fourth-order valence-electron chi connectivity index (χ4n) is 6.07. The molecule has 4 aromatic rings. The lowest BCUT2D eigenvalue weighted by molar-refractivity contribution is -0.137. The molecule has 3 aromatic heterocycles. The minimum Gasteiger partial charge on any atom is -0.382 e. The van der Waals surface area contributed by atoms with Crippen molar-refractivity contribution in [2.75, 3.05) is 17.6 Å². The van der Waals surface area contributed by atoms with E-state index in [0.29, 0.717) is 35.1 Å². The molecule has 3 N–H and O–H groups in total. The Labute approximate surface area is 232 Å². The fraction of sp³-hybridized carbons (Fsp3) is 0.276. The highest BCUT2D eigenvalue weighted by molar-refractivity contribution is 6.04. The number of amides is 2. The highest BCUT2D eigenvalue weighted by Gasteiger charge is 2.68. The van der Waals surface area contributed by atoms with Crippen LogP contribution in [0, 0.1) is 17.3 Å². The predicted octanol–water partition coefficient (Wildman–Crippen LogP) is 4.99. The van der Waals surface area contributed by atoms with Gasteiger partial charge < -0.3 is 16.0 Å². The molecule has 41 heavy (non-hydrogen) atoms. The van der Waals surface area contributed by atoms with Crippen molar-refractivity contribution in [1.29, 1.82) is 0 Å². The van der Waals surface area contributed by atoms with Gasteiger partial charge in [0.05, 0.1) is 11.6 Å². The summed E-state index contributed by atoms with van der Waals surface area (Å²) in [5.74, 6) is 0.481. The molecule has 1 aliphatic carbocycles. The van der Waals surface area contributed by atoms with E-state index >= 15 is 0 Å². The molecule has 1 aliphatic heterocycles. The van der Waals surface area contributed by atoms with Gasteiger partial charge in [-0.3, -0.25) is 14.0 Å². The Bertz CT molecular complexity index is 1710. The number of nitrogens with one attached hydrogen (secondary N) is 1. The average Bonchev–Trinajstić information content (AvgIpc) is 3.27. The molecule has 2 aliphatic rings. The molecule has 2 fully saturated rings. The highest BCUT2D eigenvalue weighted by atomic mass is 19.4. The van der Waals surface area contributed by atoms with E-state index in [9.17, 15) is 22.8 Å². The monoisotopic (exact) mass is 561 g/mol. The zero-order chi connectivity index (χ0) is 29.3. The van der Waals surface area contributed by atoms with Crippen molar-refractivity contribution in [2.45, 2.75) is 26.1 Å². The molecular formula is C29H26F3N7O2. The smallest absolute Gasteiger partial charge is 0.382 e. The van der Waals surface area contributed by atoms with Gasteiger partial charge >= 0.3 is 6.18 Å². The number of anilines is 2. The number of fused-ring (bicyclic) bond motifs is 2. The number of halogens is 3. The number of benzene rings is 1. The number of carbonyl (C=O) groups is 2. The Morgan fingerprint density at radius 3 is 2.56 bits per heavy atom. The van der Waals surface area contributed by atoms with Crippen LogP contribution in [-0.4, -0.2) is 42.6 Å². The number of alkyl halides is 3. The number of nitrogens with zero attached hydrogens (tertiary/aromatic N) is 5. The number of aromatic nitrogens is 4. The molecule has 12 heteroatoms. The number of nitrogens with two attached hydrogens (primary N) is 1. The van der Waals surface area contributed by atoms with E-state index in [4.69, 9.17) is 10.7 Å². The first kappa shape index (κ1) is 26.5. The second kappa shape index (κ2) is 9.15. The van der Waals surface area contributed by atoms with E-state index in [0.717, 1.165) is 18.3 Å². The van der Waals surface area contributed by atoms with Crippen molar-refractivity contribution in [2.24, 2.45) is 17.3 Å². The minimum atomic E-state index is -4.56. The maximum atomic E-state index is 13.0. The third-order valence-electron chi connectivity index (χ3n) is 8.29. The van der Waals surface area contributed by atoms with Crippen LogP contribution < -0.4 is 11.1 Å². The summed E-state index contributed by atoms with van der Waals surface area (Å²) in [7, 11) is 0. The summed E-state index contributed by atoms with van der Waals surface area (Å²) in [6, 6.07) is 7.76. The zero-order valence-electron chi connectivity index (χ0n) is 22.2. The molecule has 3 atom stereocenters. The standard InChI is InChI=1S/C29H26F3N7O2/c1-4-20(40)39-14-18-21(28(18,2)3)23(39)26-37-22(24-25(33)35-11-12-38(24)26)15-5-7-16(8-6-15)27(41)36-19-13-17(9-10-34-19)29(30,31)32/h4-13,18,21,23H,1,14H2,2-3H3,(H2,33,35)(H,34,36,41)/t18?,21?,23-/m0/s1. The quantitative estimate of drug-likeness (QED) is 0.332. The number of pyridine rings is 1. The molecule has 1 saturated carbocycles. The molecule has 4 heterocycles. The number of rotatable bonds is 5. The predicted molar refractivity (Wildman–Crippen MR) is 145 cm³/mol. The van der Waals surface area contributed by atoms with E-state index in [1.165, 1.54) is 6.08 Å². The molecule has 6 rings (SSSR count). The summed E-state index contributed by atoms with van der Waals surface area (Å²) in [4.78, 5) is 40.4. The van der Waals surface area contributed by atoms with Crippen molar-refractivity contribution in [1.82, 2.24) is 24.3 Å². The van der Waals surface area contributed by atoms with E-state index in [1.54, 1.807) is 41.6 Å². The Morgan fingerprint density at radius 1 is 1.15 bits per heavy atom. The molecule has 0 spiro atoms. The third kappa shape index (κ3) is 4.30.